The quantitative estimate of drug-likeness (QED) is 0.0521. The molecule has 0 unspecified atom stereocenters. The van der Waals surface area contributed by atoms with Crippen LogP contribution in [0.2, 0.25) is 0 Å². The van der Waals surface area contributed by atoms with Crippen LogP contribution in [-0.2, 0) is 69.9 Å². The van der Waals surface area contributed by atoms with Crippen molar-refractivity contribution in [2.45, 2.75) is 52.9 Å². The molecule has 17 rings (SSSR count). The zero-order valence-electron chi connectivity index (χ0n) is 56.5. The molecule has 0 amide bonds. The summed E-state index contributed by atoms with van der Waals surface area (Å²) in [5, 5.41) is 2.73. The third-order valence-corrected chi connectivity index (χ3v) is 18.1. The first-order valence-electron chi connectivity index (χ1n) is 34.3. The minimum absolute atomic E-state index is 0. The average molecular weight is 1430 g/mol. The largest absolute Gasteiger partial charge is 2.00 e. The molecule has 0 atom stereocenters. The molecule has 0 saturated carbocycles. The molecule has 8 bridgehead atoms. The van der Waals surface area contributed by atoms with Crippen LogP contribution >= 0.6 is 0 Å². The number of aromatic nitrogens is 8. The van der Waals surface area contributed by atoms with Gasteiger partial charge in [0.1, 0.15) is 98.9 Å². The molecule has 105 heavy (non-hydrogen) atoms. The molecule has 2 aliphatic heterocycles. The van der Waals surface area contributed by atoms with E-state index in [1.165, 1.54) is 0 Å². The van der Waals surface area contributed by atoms with Gasteiger partial charge in [-0.3, -0.25) is 0 Å². The van der Waals surface area contributed by atoms with E-state index < -0.39 is 0 Å². The molecular formula is C88H64CuN8O8. The van der Waals surface area contributed by atoms with Crippen LogP contribution in [0.5, 0.6) is 46.0 Å². The Kier molecular flexibility index (Phi) is 19.4. The molecule has 17 heteroatoms. The first-order valence-corrected chi connectivity index (χ1v) is 34.3. The maximum Gasteiger partial charge on any atom is 2.00 e. The number of ether oxygens (including phenoxy) is 8. The Bertz CT molecular complexity index is 5050. The van der Waals surface area contributed by atoms with Crippen molar-refractivity contribution in [2.75, 3.05) is 0 Å². The molecule has 3 aromatic heterocycles. The zero-order chi connectivity index (χ0) is 69.4. The van der Waals surface area contributed by atoms with E-state index >= 15 is 0 Å². The normalized spacial score (nSPS) is 11.3. The van der Waals surface area contributed by atoms with Crippen molar-refractivity contribution in [1.82, 2.24) is 39.9 Å². The van der Waals surface area contributed by atoms with E-state index in [4.69, 9.17) is 77.8 Å². The minimum Gasteiger partial charge on any atom is -0.489 e. The molecule has 0 spiro atoms. The Morgan fingerprint density at radius 3 is 0.505 bits per heavy atom. The summed E-state index contributed by atoms with van der Waals surface area (Å²) in [5.74, 6) is 7.03. The SMILES string of the molecule is [Cu+2].c1ccc(OCc2cc3c(cc2COc2ccccc2)-c2nc-3nc3[n-]c(nc4nc(nc5[n-]c(n2)c2cc(COc6ccccc6)c(COc6ccccc6)cc52)-c2cc(COc5ccccc5)c(COc5ccccc5)cc2-4)c2cc(COc4ccccc4)c(COc4ccccc4)cc32)cc1. The van der Waals surface area contributed by atoms with Crippen molar-refractivity contribution in [2.24, 2.45) is 0 Å². The van der Waals surface area contributed by atoms with Gasteiger partial charge in [0.25, 0.3) is 0 Å². The van der Waals surface area contributed by atoms with E-state index in [1.807, 2.05) is 243 Å². The van der Waals surface area contributed by atoms with Crippen molar-refractivity contribution < 1.29 is 55.0 Å². The Morgan fingerprint density at radius 2 is 0.343 bits per heavy atom. The average Bonchev–Trinajstić information content (AvgIpc) is 1.59. The van der Waals surface area contributed by atoms with Gasteiger partial charge >= 0.3 is 17.1 Å². The van der Waals surface area contributed by atoms with Crippen LogP contribution in [-0.4, -0.2) is 29.9 Å². The minimum atomic E-state index is 0. The summed E-state index contributed by atoms with van der Waals surface area (Å²) >= 11 is 0. The molecule has 0 aliphatic carbocycles. The summed E-state index contributed by atoms with van der Waals surface area (Å²) in [6, 6.07) is 94.5. The van der Waals surface area contributed by atoms with Crippen LogP contribution in [0.25, 0.3) is 89.7 Å². The smallest absolute Gasteiger partial charge is 0.489 e. The maximum atomic E-state index is 6.57. The summed E-state index contributed by atoms with van der Waals surface area (Å²) < 4.78 is 52.6. The topological polar surface area (TPSA) is 179 Å². The fourth-order valence-electron chi connectivity index (χ4n) is 12.7. The molecule has 15 aromatic rings. The number of rotatable bonds is 24. The second-order valence-corrected chi connectivity index (χ2v) is 25.0. The zero-order valence-corrected chi connectivity index (χ0v) is 57.5. The Labute approximate surface area is 615 Å². The maximum absolute atomic E-state index is 6.57. The molecule has 0 N–H and O–H groups in total. The molecular weight excluding hydrogens is 1360 g/mol. The summed E-state index contributed by atoms with van der Waals surface area (Å²) in [6.45, 7) is 1.54. The van der Waals surface area contributed by atoms with Crippen molar-refractivity contribution in [3.8, 4) is 91.5 Å². The fraction of sp³-hybridized carbons (Fsp3) is 0.0909. The van der Waals surface area contributed by atoms with Crippen LogP contribution in [0.1, 0.15) is 44.5 Å². The monoisotopic (exact) mass is 1420 g/mol. The summed E-state index contributed by atoms with van der Waals surface area (Å²) in [6.07, 6.45) is 0. The molecule has 2 aliphatic rings. The van der Waals surface area contributed by atoms with Gasteiger partial charge in [-0.1, -0.05) is 146 Å². The Morgan fingerprint density at radius 1 is 0.190 bits per heavy atom. The second-order valence-electron chi connectivity index (χ2n) is 25.0. The Balaban J connectivity index is 0.00000847. The van der Waals surface area contributed by atoms with Crippen molar-refractivity contribution in [1.29, 1.82) is 0 Å². The third kappa shape index (κ3) is 15.0. The third-order valence-electron chi connectivity index (χ3n) is 18.1. The molecule has 0 fully saturated rings. The molecule has 12 aromatic carbocycles. The van der Waals surface area contributed by atoms with E-state index in [-0.39, 0.29) is 69.9 Å². The van der Waals surface area contributed by atoms with Gasteiger partial charge in [0, 0.05) is 44.8 Å². The number of hydrogen-bond donors (Lipinski definition) is 0. The number of para-hydroxylation sites is 8. The van der Waals surface area contributed by atoms with Gasteiger partial charge in [0.05, 0.1) is 23.3 Å². The standard InChI is InChI=1S/C88H64N8O8.Cu/c1-9-25-65(26-10-1)97-49-57-41-73-74(42-58(57)50-98-66-27-11-2-12-28-66)82-89-81(73)93-83-75-43-59(51-99-67-29-13-3-14-30-67)60(52-100-68-31-15-4-16-32-68)44-76(75)85(90-83)95-87-79-47-63(55-103-71-37-21-7-22-38-71)64(56-104-72-39-23-8-24-40-72)48-80(79)88(92-87)96-86-78-46-62(54-102-70-35-19-6-20-36-70)61(45-77(78)84(91-86)94-82)53-101-69-33-17-5-18-34-69;/h1-48H,49-56H2;/q-2;+2. The van der Waals surface area contributed by atoms with Crippen LogP contribution in [0.3, 0.4) is 0 Å². The molecule has 515 valence electrons. The summed E-state index contributed by atoms with van der Waals surface area (Å²) in [5.41, 5.74) is 10.9. The molecule has 0 saturated heterocycles. The van der Waals surface area contributed by atoms with Gasteiger partial charge in [-0.05, 0) is 212 Å². The van der Waals surface area contributed by atoms with Crippen LogP contribution in [0.15, 0.2) is 291 Å². The predicted octanol–water partition coefficient (Wildman–Crippen LogP) is 18.8. The van der Waals surface area contributed by atoms with E-state index in [0.717, 1.165) is 44.5 Å². The fourth-order valence-corrected chi connectivity index (χ4v) is 12.7. The predicted molar refractivity (Wildman–Crippen MR) is 400 cm³/mol. The Hall–Kier alpha value is -13.1. The van der Waals surface area contributed by atoms with Crippen LogP contribution in [0.4, 0.5) is 0 Å². The van der Waals surface area contributed by atoms with Crippen LogP contribution < -0.4 is 47.9 Å². The first-order chi connectivity index (χ1) is 51.5. The van der Waals surface area contributed by atoms with Gasteiger partial charge < -0.3 is 67.8 Å². The van der Waals surface area contributed by atoms with Gasteiger partial charge in [-0.15, -0.1) is 0 Å². The van der Waals surface area contributed by atoms with Crippen LogP contribution in [0, 0.1) is 0 Å². The van der Waals surface area contributed by atoms with Gasteiger partial charge in [0.2, 0.25) is 0 Å². The number of nitrogens with zero attached hydrogens (tertiary/aromatic N) is 8. The second kappa shape index (κ2) is 30.6. The molecule has 16 nitrogen and oxygen atoms in total. The van der Waals surface area contributed by atoms with Crippen molar-refractivity contribution in [3.63, 3.8) is 0 Å². The summed E-state index contributed by atoms with van der Waals surface area (Å²) in [4.78, 5) is 44.0. The van der Waals surface area contributed by atoms with Crippen molar-refractivity contribution >= 4 is 44.1 Å². The molecule has 5 heterocycles. The van der Waals surface area contributed by atoms with E-state index in [1.54, 1.807) is 0 Å². The van der Waals surface area contributed by atoms with Gasteiger partial charge in [-0.25, -0.2) is 9.97 Å². The van der Waals surface area contributed by atoms with Gasteiger partial charge in [0.15, 0.2) is 0 Å². The number of benzene rings is 12. The van der Waals surface area contributed by atoms with E-state index in [0.29, 0.717) is 136 Å². The first kappa shape index (κ1) is 66.5. The van der Waals surface area contributed by atoms with E-state index in [9.17, 15) is 0 Å². The van der Waals surface area contributed by atoms with E-state index in [2.05, 4.69) is 48.5 Å². The number of hydrogen-bond acceptors (Lipinski definition) is 14. The summed E-state index contributed by atoms with van der Waals surface area (Å²) in [7, 11) is 0. The number of fused-ring (bicyclic) bond motifs is 20. The van der Waals surface area contributed by atoms with Gasteiger partial charge in [-0.2, -0.15) is 0 Å². The van der Waals surface area contributed by atoms with Crippen molar-refractivity contribution in [3.05, 3.63) is 336 Å². The molecule has 1 radical (unpaired) electrons.